The Morgan fingerprint density at radius 1 is 1.12 bits per heavy atom. The highest BCUT2D eigenvalue weighted by Crippen LogP contribution is 2.36. The van der Waals surface area contributed by atoms with Crippen LogP contribution >= 0.6 is 11.3 Å². The highest BCUT2D eigenvalue weighted by molar-refractivity contribution is 7.18. The monoisotopic (exact) mass is 362 g/mol. The van der Waals surface area contributed by atoms with Crippen LogP contribution in [0.25, 0.3) is 21.6 Å². The van der Waals surface area contributed by atoms with Gasteiger partial charge in [-0.05, 0) is 49.2 Å². The second-order valence-electron chi connectivity index (χ2n) is 6.08. The van der Waals surface area contributed by atoms with Gasteiger partial charge in [0.1, 0.15) is 10.6 Å². The van der Waals surface area contributed by atoms with E-state index in [1.807, 2.05) is 36.4 Å². The molecule has 3 heterocycles. The second kappa shape index (κ2) is 6.82. The van der Waals surface area contributed by atoms with Crippen LogP contribution in [0.15, 0.2) is 48.8 Å². The number of fused-ring (bicyclic) bond motifs is 1. The Balaban J connectivity index is 1.88. The molecule has 0 aliphatic rings. The molecule has 5 nitrogen and oxygen atoms in total. The lowest BCUT2D eigenvalue weighted by molar-refractivity contribution is 0.282. The van der Waals surface area contributed by atoms with E-state index in [1.165, 1.54) is 10.4 Å². The zero-order valence-corrected chi connectivity index (χ0v) is 15.3. The van der Waals surface area contributed by atoms with E-state index in [1.54, 1.807) is 23.7 Å². The highest BCUT2D eigenvalue weighted by Gasteiger charge is 2.16. The van der Waals surface area contributed by atoms with Crippen molar-refractivity contribution in [3.63, 3.8) is 0 Å². The van der Waals surface area contributed by atoms with Crippen molar-refractivity contribution in [3.8, 4) is 11.4 Å². The molecular formula is C20H18N4OS. The molecule has 0 aliphatic carbocycles. The van der Waals surface area contributed by atoms with Crippen molar-refractivity contribution in [2.45, 2.75) is 20.5 Å². The molecule has 4 aromatic rings. The van der Waals surface area contributed by atoms with Gasteiger partial charge < -0.3 is 10.4 Å². The fraction of sp³-hybridized carbons (Fsp3) is 0.150. The van der Waals surface area contributed by atoms with Gasteiger partial charge in [0.05, 0.1) is 12.0 Å². The first-order valence-electron chi connectivity index (χ1n) is 8.30. The molecule has 130 valence electrons. The van der Waals surface area contributed by atoms with Gasteiger partial charge in [-0.1, -0.05) is 12.1 Å². The van der Waals surface area contributed by atoms with Crippen LogP contribution in [0, 0.1) is 13.8 Å². The summed E-state index contributed by atoms with van der Waals surface area (Å²) in [6.45, 7) is 4.20. The van der Waals surface area contributed by atoms with Gasteiger partial charge in [0.15, 0.2) is 5.82 Å². The number of aromatic nitrogens is 3. The lowest BCUT2D eigenvalue weighted by Crippen LogP contribution is -1.99. The Morgan fingerprint density at radius 2 is 2.00 bits per heavy atom. The quantitative estimate of drug-likeness (QED) is 0.555. The van der Waals surface area contributed by atoms with Gasteiger partial charge in [-0.15, -0.1) is 11.3 Å². The summed E-state index contributed by atoms with van der Waals surface area (Å²) in [4.78, 5) is 15.9. The average molecular weight is 362 g/mol. The molecule has 0 fully saturated rings. The molecule has 3 aromatic heterocycles. The summed E-state index contributed by atoms with van der Waals surface area (Å²) in [6, 6.07) is 11.5. The molecule has 6 heteroatoms. The summed E-state index contributed by atoms with van der Waals surface area (Å²) < 4.78 is 0. The van der Waals surface area contributed by atoms with E-state index in [0.29, 0.717) is 5.82 Å². The van der Waals surface area contributed by atoms with Crippen molar-refractivity contribution in [2.75, 3.05) is 5.32 Å². The number of aliphatic hydroxyl groups is 1. The van der Waals surface area contributed by atoms with Crippen molar-refractivity contribution in [1.82, 2.24) is 15.0 Å². The molecule has 0 bridgehead atoms. The fourth-order valence-electron chi connectivity index (χ4n) is 2.85. The average Bonchev–Trinajstić information content (AvgIpc) is 2.96. The summed E-state index contributed by atoms with van der Waals surface area (Å²) >= 11 is 1.67. The van der Waals surface area contributed by atoms with Gasteiger partial charge in [0.25, 0.3) is 0 Å². The van der Waals surface area contributed by atoms with E-state index < -0.39 is 0 Å². The lowest BCUT2D eigenvalue weighted by Gasteiger charge is -2.11. The predicted octanol–water partition coefficient (Wildman–Crippen LogP) is 4.61. The maximum Gasteiger partial charge on any atom is 0.164 e. The molecular weight excluding hydrogens is 344 g/mol. The number of hydrogen-bond acceptors (Lipinski definition) is 6. The molecule has 0 saturated carbocycles. The summed E-state index contributed by atoms with van der Waals surface area (Å²) in [5, 5.41) is 13.8. The fourth-order valence-corrected chi connectivity index (χ4v) is 3.88. The van der Waals surface area contributed by atoms with Crippen molar-refractivity contribution in [1.29, 1.82) is 0 Å². The molecule has 2 N–H and O–H groups in total. The maximum absolute atomic E-state index is 9.38. The van der Waals surface area contributed by atoms with E-state index in [-0.39, 0.29) is 6.61 Å². The molecule has 0 unspecified atom stereocenters. The van der Waals surface area contributed by atoms with Crippen LogP contribution in [0.2, 0.25) is 0 Å². The number of hydrogen-bond donors (Lipinski definition) is 2. The van der Waals surface area contributed by atoms with Gasteiger partial charge in [-0.3, -0.25) is 4.98 Å². The number of pyridine rings is 1. The standard InChI is InChI=1S/C20H18N4OS/c1-12-13(2)26-20-17(12)19(22-16-7-3-5-14(9-16)11-25)23-18(24-20)15-6-4-8-21-10-15/h3-10,25H,11H2,1-2H3,(H,22,23,24). The zero-order chi connectivity index (χ0) is 18.1. The molecule has 4 rings (SSSR count). The number of aryl methyl sites for hydroxylation is 2. The maximum atomic E-state index is 9.38. The number of nitrogens with one attached hydrogen (secondary N) is 1. The van der Waals surface area contributed by atoms with E-state index in [0.717, 1.165) is 32.8 Å². The van der Waals surface area contributed by atoms with Crippen LogP contribution in [0.1, 0.15) is 16.0 Å². The minimum absolute atomic E-state index is 0.00618. The van der Waals surface area contributed by atoms with Gasteiger partial charge in [0.2, 0.25) is 0 Å². The van der Waals surface area contributed by atoms with E-state index in [4.69, 9.17) is 9.97 Å². The van der Waals surface area contributed by atoms with Crippen LogP contribution in [0.3, 0.4) is 0 Å². The van der Waals surface area contributed by atoms with Crippen LogP contribution in [-0.4, -0.2) is 20.1 Å². The van der Waals surface area contributed by atoms with Gasteiger partial charge in [-0.25, -0.2) is 9.97 Å². The first-order chi connectivity index (χ1) is 12.7. The molecule has 0 aliphatic heterocycles. The van der Waals surface area contributed by atoms with Gasteiger partial charge in [0, 0.05) is 28.5 Å². The summed E-state index contributed by atoms with van der Waals surface area (Å²) in [7, 11) is 0. The first-order valence-corrected chi connectivity index (χ1v) is 9.12. The van der Waals surface area contributed by atoms with Crippen molar-refractivity contribution >= 4 is 33.1 Å². The topological polar surface area (TPSA) is 70.9 Å². The van der Waals surface area contributed by atoms with Gasteiger partial charge in [-0.2, -0.15) is 0 Å². The molecule has 0 amide bonds. The number of thiophene rings is 1. The predicted molar refractivity (Wildman–Crippen MR) is 106 cm³/mol. The van der Waals surface area contributed by atoms with Crippen molar-refractivity contribution < 1.29 is 5.11 Å². The Kier molecular flexibility index (Phi) is 4.36. The Bertz CT molecular complexity index is 1080. The smallest absolute Gasteiger partial charge is 0.164 e. The summed E-state index contributed by atoms with van der Waals surface area (Å²) in [5.41, 5.74) is 3.80. The highest BCUT2D eigenvalue weighted by atomic mass is 32.1. The van der Waals surface area contributed by atoms with Gasteiger partial charge >= 0.3 is 0 Å². The molecule has 26 heavy (non-hydrogen) atoms. The van der Waals surface area contributed by atoms with E-state index in [2.05, 4.69) is 24.1 Å². The summed E-state index contributed by atoms with van der Waals surface area (Å²) in [6.07, 6.45) is 3.51. The lowest BCUT2D eigenvalue weighted by atomic mass is 10.2. The number of anilines is 2. The van der Waals surface area contributed by atoms with E-state index >= 15 is 0 Å². The van der Waals surface area contributed by atoms with Crippen LogP contribution in [0.4, 0.5) is 11.5 Å². The minimum atomic E-state index is 0.00618. The number of benzene rings is 1. The second-order valence-corrected chi connectivity index (χ2v) is 7.29. The van der Waals surface area contributed by atoms with Crippen LogP contribution in [0.5, 0.6) is 0 Å². The van der Waals surface area contributed by atoms with Crippen molar-refractivity contribution in [2.24, 2.45) is 0 Å². The molecule has 0 spiro atoms. The van der Waals surface area contributed by atoms with Crippen LogP contribution < -0.4 is 5.32 Å². The Morgan fingerprint density at radius 3 is 2.77 bits per heavy atom. The largest absolute Gasteiger partial charge is 0.392 e. The third kappa shape index (κ3) is 3.05. The Labute approximate surface area is 155 Å². The molecule has 0 atom stereocenters. The normalized spacial score (nSPS) is 11.0. The SMILES string of the molecule is Cc1sc2nc(-c3cccnc3)nc(Nc3cccc(CO)c3)c2c1C. The number of nitrogens with zero attached hydrogens (tertiary/aromatic N) is 3. The Hall–Kier alpha value is -2.83. The number of aliphatic hydroxyl groups excluding tert-OH is 1. The van der Waals surface area contributed by atoms with Crippen LogP contribution in [-0.2, 0) is 6.61 Å². The minimum Gasteiger partial charge on any atom is -0.392 e. The zero-order valence-electron chi connectivity index (χ0n) is 14.5. The number of rotatable bonds is 4. The third-order valence-electron chi connectivity index (χ3n) is 4.32. The third-order valence-corrected chi connectivity index (χ3v) is 5.42. The summed E-state index contributed by atoms with van der Waals surface area (Å²) in [5.74, 6) is 1.42. The molecule has 1 aromatic carbocycles. The molecule has 0 radical (unpaired) electrons. The van der Waals surface area contributed by atoms with E-state index in [9.17, 15) is 5.11 Å². The first kappa shape index (κ1) is 16.6. The van der Waals surface area contributed by atoms with Crippen molar-refractivity contribution in [3.05, 3.63) is 64.8 Å². The molecule has 0 saturated heterocycles.